The van der Waals surface area contributed by atoms with Gasteiger partial charge in [-0.25, -0.2) is 0 Å². The number of hydrogen-bond donors (Lipinski definition) is 0. The third-order valence-corrected chi connectivity index (χ3v) is 4.15. The van der Waals surface area contributed by atoms with Crippen LogP contribution < -0.4 is 0 Å². The number of Topliss-reactive ketones (excluding diaryl/α,β-unsaturated/α-hetero) is 1. The maximum Gasteiger partial charge on any atom is 0.159 e. The Bertz CT molecular complexity index is 462. The Morgan fingerprint density at radius 2 is 2.12 bits per heavy atom. The fraction of sp³-hybridized carbons (Fsp3) is 0.167. The maximum absolute atomic E-state index is 11.1. The summed E-state index contributed by atoms with van der Waals surface area (Å²) in [5.41, 5.74) is 2.61. The zero-order chi connectivity index (χ0) is 11.4. The third-order valence-electron chi connectivity index (χ3n) is 2.13. The van der Waals surface area contributed by atoms with Crippen molar-refractivity contribution in [1.82, 2.24) is 4.98 Å². The number of aromatic nitrogens is 1. The summed E-state index contributed by atoms with van der Waals surface area (Å²) in [6.07, 6.45) is 1.89. The average molecular weight is 249 g/mol. The van der Waals surface area contributed by atoms with Gasteiger partial charge in [0, 0.05) is 27.3 Å². The number of thiazole rings is 1. The first-order chi connectivity index (χ1) is 7.75. The average Bonchev–Trinajstić information content (AvgIpc) is 2.80. The van der Waals surface area contributed by atoms with E-state index in [1.165, 1.54) is 9.77 Å². The molecule has 0 spiro atoms. The van der Waals surface area contributed by atoms with Gasteiger partial charge in [0.25, 0.3) is 0 Å². The lowest BCUT2D eigenvalue weighted by atomic mass is 10.2. The molecule has 0 aliphatic carbocycles. The van der Waals surface area contributed by atoms with Gasteiger partial charge in [-0.05, 0) is 19.1 Å². The standard InChI is InChI=1S/C12H11NOS2/c1-9(14)10-2-4-11(5-3-10)15-7-12-6-13-8-16-12/h2-6,8H,7H2,1H3. The number of rotatable bonds is 4. The second-order valence-corrected chi connectivity index (χ2v) is 5.36. The lowest BCUT2D eigenvalue weighted by Crippen LogP contribution is -1.90. The van der Waals surface area contributed by atoms with Crippen LogP contribution in [-0.2, 0) is 5.75 Å². The molecule has 2 rings (SSSR count). The summed E-state index contributed by atoms with van der Waals surface area (Å²) in [7, 11) is 0. The Hall–Kier alpha value is -1.13. The maximum atomic E-state index is 11.1. The van der Waals surface area contributed by atoms with Crippen molar-refractivity contribution >= 4 is 28.9 Å². The van der Waals surface area contributed by atoms with Gasteiger partial charge in [-0.1, -0.05) is 12.1 Å². The van der Waals surface area contributed by atoms with E-state index in [0.717, 1.165) is 11.3 Å². The van der Waals surface area contributed by atoms with Crippen molar-refractivity contribution in [1.29, 1.82) is 0 Å². The highest BCUT2D eigenvalue weighted by Gasteiger charge is 2.00. The number of ketones is 1. The summed E-state index contributed by atoms with van der Waals surface area (Å²) in [5.74, 6) is 1.04. The van der Waals surface area contributed by atoms with Crippen molar-refractivity contribution in [2.75, 3.05) is 0 Å². The molecule has 0 bridgehead atoms. The van der Waals surface area contributed by atoms with E-state index >= 15 is 0 Å². The van der Waals surface area contributed by atoms with Crippen LogP contribution in [-0.4, -0.2) is 10.8 Å². The number of carbonyl (C=O) groups is 1. The van der Waals surface area contributed by atoms with Gasteiger partial charge in [-0.3, -0.25) is 9.78 Å². The molecule has 0 aliphatic heterocycles. The molecule has 0 amide bonds. The fourth-order valence-electron chi connectivity index (χ4n) is 1.25. The molecule has 2 aromatic rings. The van der Waals surface area contributed by atoms with Crippen molar-refractivity contribution in [2.45, 2.75) is 17.6 Å². The van der Waals surface area contributed by atoms with E-state index in [-0.39, 0.29) is 5.78 Å². The SMILES string of the molecule is CC(=O)c1ccc(SCc2cncs2)cc1. The van der Waals surface area contributed by atoms with E-state index in [1.54, 1.807) is 30.0 Å². The van der Waals surface area contributed by atoms with Gasteiger partial charge in [0.1, 0.15) is 0 Å². The molecular formula is C12H11NOS2. The first-order valence-electron chi connectivity index (χ1n) is 4.87. The molecule has 1 aromatic heterocycles. The second-order valence-electron chi connectivity index (χ2n) is 3.34. The summed E-state index contributed by atoms with van der Waals surface area (Å²) < 4.78 is 0. The first-order valence-corrected chi connectivity index (χ1v) is 6.73. The van der Waals surface area contributed by atoms with Crippen molar-refractivity contribution in [2.24, 2.45) is 0 Å². The molecule has 16 heavy (non-hydrogen) atoms. The topological polar surface area (TPSA) is 30.0 Å². The lowest BCUT2D eigenvalue weighted by molar-refractivity contribution is 0.101. The second kappa shape index (κ2) is 5.27. The van der Waals surface area contributed by atoms with Gasteiger partial charge in [-0.2, -0.15) is 0 Å². The molecule has 0 atom stereocenters. The van der Waals surface area contributed by atoms with Crippen LogP contribution in [0.4, 0.5) is 0 Å². The highest BCUT2D eigenvalue weighted by Crippen LogP contribution is 2.24. The number of benzene rings is 1. The Balaban J connectivity index is 1.98. The summed E-state index contributed by atoms with van der Waals surface area (Å²) >= 11 is 3.42. The van der Waals surface area contributed by atoms with Gasteiger partial charge in [0.05, 0.1) is 5.51 Å². The van der Waals surface area contributed by atoms with Crippen molar-refractivity contribution in [3.8, 4) is 0 Å². The van der Waals surface area contributed by atoms with Crippen LogP contribution in [0.15, 0.2) is 40.9 Å². The van der Waals surface area contributed by atoms with E-state index in [2.05, 4.69) is 4.98 Å². The fourth-order valence-corrected chi connectivity index (χ4v) is 2.79. The molecule has 1 heterocycles. The van der Waals surface area contributed by atoms with Crippen molar-refractivity contribution in [3.63, 3.8) is 0 Å². The minimum absolute atomic E-state index is 0.110. The highest BCUT2D eigenvalue weighted by atomic mass is 32.2. The lowest BCUT2D eigenvalue weighted by Gasteiger charge is -2.00. The predicted octanol–water partition coefficient (Wildman–Crippen LogP) is 3.64. The van der Waals surface area contributed by atoms with Crippen LogP contribution in [0.5, 0.6) is 0 Å². The Labute approximate surface area is 103 Å². The Morgan fingerprint density at radius 1 is 1.38 bits per heavy atom. The zero-order valence-electron chi connectivity index (χ0n) is 8.84. The van der Waals surface area contributed by atoms with Gasteiger partial charge in [-0.15, -0.1) is 23.1 Å². The van der Waals surface area contributed by atoms with Crippen LogP contribution >= 0.6 is 23.1 Å². The van der Waals surface area contributed by atoms with Crippen LogP contribution in [0.25, 0.3) is 0 Å². The predicted molar refractivity (Wildman–Crippen MR) is 68.1 cm³/mol. The first kappa shape index (κ1) is 11.4. The molecular weight excluding hydrogens is 238 g/mol. The van der Waals surface area contributed by atoms with Gasteiger partial charge in [0.2, 0.25) is 0 Å². The minimum Gasteiger partial charge on any atom is -0.295 e. The van der Waals surface area contributed by atoms with Gasteiger partial charge < -0.3 is 0 Å². The smallest absolute Gasteiger partial charge is 0.159 e. The largest absolute Gasteiger partial charge is 0.295 e. The van der Waals surface area contributed by atoms with E-state index in [9.17, 15) is 4.79 Å². The van der Waals surface area contributed by atoms with E-state index < -0.39 is 0 Å². The molecule has 1 aromatic carbocycles. The summed E-state index contributed by atoms with van der Waals surface area (Å²) in [5, 5.41) is 0. The molecule has 0 fully saturated rings. The Kier molecular flexibility index (Phi) is 3.74. The molecule has 0 saturated heterocycles. The van der Waals surface area contributed by atoms with E-state index in [4.69, 9.17) is 0 Å². The van der Waals surface area contributed by atoms with Gasteiger partial charge in [0.15, 0.2) is 5.78 Å². The number of hydrogen-bond acceptors (Lipinski definition) is 4. The summed E-state index contributed by atoms with van der Waals surface area (Å²) in [6, 6.07) is 7.72. The van der Waals surface area contributed by atoms with Crippen LogP contribution in [0.3, 0.4) is 0 Å². The van der Waals surface area contributed by atoms with Crippen molar-refractivity contribution < 1.29 is 4.79 Å². The number of nitrogens with zero attached hydrogens (tertiary/aromatic N) is 1. The molecule has 0 N–H and O–H groups in total. The molecule has 4 heteroatoms. The Morgan fingerprint density at radius 3 is 2.69 bits per heavy atom. The van der Waals surface area contributed by atoms with Gasteiger partial charge >= 0.3 is 0 Å². The van der Waals surface area contributed by atoms with Crippen LogP contribution in [0.2, 0.25) is 0 Å². The van der Waals surface area contributed by atoms with Crippen LogP contribution in [0, 0.1) is 0 Å². The summed E-state index contributed by atoms with van der Waals surface area (Å²) in [4.78, 5) is 17.6. The third kappa shape index (κ3) is 2.93. The quantitative estimate of drug-likeness (QED) is 0.612. The zero-order valence-corrected chi connectivity index (χ0v) is 10.5. The molecule has 2 nitrogen and oxygen atoms in total. The minimum atomic E-state index is 0.110. The van der Waals surface area contributed by atoms with E-state index in [0.29, 0.717) is 0 Å². The highest BCUT2D eigenvalue weighted by molar-refractivity contribution is 7.98. The molecule has 0 radical (unpaired) electrons. The molecule has 0 aliphatic rings. The van der Waals surface area contributed by atoms with Crippen molar-refractivity contribution in [3.05, 3.63) is 46.4 Å². The monoisotopic (exact) mass is 249 g/mol. The van der Waals surface area contributed by atoms with Crippen LogP contribution in [0.1, 0.15) is 22.2 Å². The molecule has 0 saturated carbocycles. The number of carbonyl (C=O) groups excluding carboxylic acids is 1. The number of thioether (sulfide) groups is 1. The molecule has 82 valence electrons. The summed E-state index contributed by atoms with van der Waals surface area (Å²) in [6.45, 7) is 1.58. The normalized spacial score (nSPS) is 10.3. The molecule has 0 unspecified atom stereocenters. The van der Waals surface area contributed by atoms with E-state index in [1.807, 2.05) is 36.0 Å².